The molecule has 2 saturated carbocycles. The summed E-state index contributed by atoms with van der Waals surface area (Å²) in [4.78, 5) is 55.3. The lowest BCUT2D eigenvalue weighted by molar-refractivity contribution is -0.140. The standard InChI is InChI=1S/C46H56N6O7S2/c1-27(2)36-26-60-42(49-36)35-23-39(33-17-18-38(58-6)29(4)40(33)48-35)59-32-22-37-41(53)50-46(44(55)51-61(56,57)45(5)19-20-45)24-30(46)14-10-8-7-9-11-16-34(43(54)52(37)25-32)47-31-15-12-13-28(3)21-31/h10,12-15,17-18,21,23,26-27,30,32,34,37,47H,7-9,11,16,19-20,22,24-25H2,1-6H3,(H,50,53)(H,51,55)/b14-10-/t30-,32-,34+,37+,46-/m1/s1. The zero-order valence-electron chi connectivity index (χ0n) is 35.7. The number of hydrogen-bond donors (Lipinski definition) is 3. The van der Waals surface area contributed by atoms with Crippen molar-refractivity contribution in [2.45, 2.75) is 127 Å². The Kier molecular flexibility index (Phi) is 11.7. The highest BCUT2D eigenvalue weighted by Crippen LogP contribution is 2.48. The summed E-state index contributed by atoms with van der Waals surface area (Å²) < 4.78 is 40.5. The first kappa shape index (κ1) is 42.7. The molecule has 8 rings (SSSR count). The Labute approximate surface area is 362 Å². The van der Waals surface area contributed by atoms with Crippen molar-refractivity contribution in [2.75, 3.05) is 19.0 Å². The third kappa shape index (κ3) is 8.60. The molecule has 13 nitrogen and oxygen atoms in total. The number of carbonyl (C=O) groups is 3. The largest absolute Gasteiger partial charge is 0.496 e. The Bertz CT molecular complexity index is 2500. The molecule has 0 unspecified atom stereocenters. The summed E-state index contributed by atoms with van der Waals surface area (Å²) in [6.45, 7) is 9.85. The molecule has 2 aliphatic carbocycles. The fourth-order valence-electron chi connectivity index (χ4n) is 8.54. The molecule has 4 aromatic rings. The number of fused-ring (bicyclic) bond motifs is 3. The molecule has 324 valence electrons. The van der Waals surface area contributed by atoms with Crippen molar-refractivity contribution in [3.63, 3.8) is 0 Å². The minimum Gasteiger partial charge on any atom is -0.496 e. The SMILES string of the molecule is COc1ccc2c(O[C@@H]3C[C@H]4C(=O)N[C@]5(C(=O)NS(=O)(=O)C6(C)CC6)C[C@H]5/C=C\CCCCC[C@H](Nc5cccc(C)c5)C(=O)N4C3)cc(-c3nc(C(C)C)cs3)nc2c1C. The lowest BCUT2D eigenvalue weighted by Gasteiger charge is -2.30. The van der Waals surface area contributed by atoms with E-state index in [-0.39, 0.29) is 31.2 Å². The molecule has 3 N–H and O–H groups in total. The number of anilines is 1. The number of benzene rings is 2. The molecule has 2 aromatic heterocycles. The van der Waals surface area contributed by atoms with Crippen molar-refractivity contribution >= 4 is 55.7 Å². The summed E-state index contributed by atoms with van der Waals surface area (Å²) in [6.07, 6.45) is 8.45. The number of hydrogen-bond acceptors (Lipinski definition) is 11. The monoisotopic (exact) mass is 868 g/mol. The first-order valence-electron chi connectivity index (χ1n) is 21.4. The average molecular weight is 869 g/mol. The number of ether oxygens (including phenoxy) is 2. The average Bonchev–Trinajstić information content (AvgIpc) is 3.99. The Balaban J connectivity index is 1.15. The van der Waals surface area contributed by atoms with Gasteiger partial charge in [0, 0.05) is 40.4 Å². The third-order valence-corrected chi connectivity index (χ3v) is 15.9. The predicted octanol–water partition coefficient (Wildman–Crippen LogP) is 7.33. The highest BCUT2D eigenvalue weighted by atomic mass is 32.2. The van der Waals surface area contributed by atoms with Crippen molar-refractivity contribution in [3.05, 3.63) is 76.8 Å². The van der Waals surface area contributed by atoms with Crippen LogP contribution in [0, 0.1) is 19.8 Å². The van der Waals surface area contributed by atoms with Crippen LogP contribution in [0.25, 0.3) is 21.6 Å². The number of methoxy groups -OCH3 is 1. The van der Waals surface area contributed by atoms with Gasteiger partial charge in [-0.2, -0.15) is 0 Å². The zero-order chi connectivity index (χ0) is 43.3. The number of aromatic nitrogens is 2. The summed E-state index contributed by atoms with van der Waals surface area (Å²) in [5, 5.41) is 10.0. The van der Waals surface area contributed by atoms with Crippen LogP contribution in [0.2, 0.25) is 0 Å². The predicted molar refractivity (Wildman–Crippen MR) is 237 cm³/mol. The maximum absolute atomic E-state index is 15.0. The van der Waals surface area contributed by atoms with Gasteiger partial charge in [-0.1, -0.05) is 51.0 Å². The fourth-order valence-corrected chi connectivity index (χ4v) is 10.8. The molecule has 3 amide bonds. The first-order valence-corrected chi connectivity index (χ1v) is 23.8. The van der Waals surface area contributed by atoms with Crippen molar-refractivity contribution in [2.24, 2.45) is 5.92 Å². The molecule has 0 bridgehead atoms. The van der Waals surface area contributed by atoms with Crippen molar-refractivity contribution in [3.8, 4) is 22.2 Å². The van der Waals surface area contributed by atoms with E-state index in [0.717, 1.165) is 58.6 Å². The van der Waals surface area contributed by atoms with Gasteiger partial charge in [0.25, 0.3) is 5.91 Å². The number of sulfonamides is 1. The second-order valence-corrected chi connectivity index (χ2v) is 20.9. The Morgan fingerprint density at radius 2 is 1.85 bits per heavy atom. The number of rotatable bonds is 10. The van der Waals surface area contributed by atoms with Crippen LogP contribution in [-0.2, 0) is 24.4 Å². The van der Waals surface area contributed by atoms with E-state index in [2.05, 4.69) is 29.2 Å². The molecule has 0 spiro atoms. The molecule has 5 atom stereocenters. The van der Waals surface area contributed by atoms with Crippen LogP contribution in [0.1, 0.15) is 101 Å². The van der Waals surface area contributed by atoms with Gasteiger partial charge in [-0.05, 0) is 95.0 Å². The topological polar surface area (TPSA) is 169 Å². The number of allylic oxidation sites excluding steroid dienone is 1. The number of carbonyl (C=O) groups excluding carboxylic acids is 3. The van der Waals surface area contributed by atoms with Crippen LogP contribution in [0.3, 0.4) is 0 Å². The molecule has 1 saturated heterocycles. The normalized spacial score (nSPS) is 25.7. The van der Waals surface area contributed by atoms with E-state index in [0.29, 0.717) is 42.0 Å². The molecule has 61 heavy (non-hydrogen) atoms. The molecular weight excluding hydrogens is 813 g/mol. The van der Waals surface area contributed by atoms with Crippen molar-refractivity contribution in [1.29, 1.82) is 0 Å². The van der Waals surface area contributed by atoms with Gasteiger partial charge in [0.1, 0.15) is 45.9 Å². The van der Waals surface area contributed by atoms with E-state index in [9.17, 15) is 22.8 Å². The number of pyridine rings is 1. The fraction of sp³-hybridized carbons (Fsp3) is 0.500. The van der Waals surface area contributed by atoms with E-state index in [1.807, 2.05) is 73.8 Å². The van der Waals surface area contributed by atoms with Crippen LogP contribution in [-0.4, -0.2) is 83.1 Å². The minimum absolute atomic E-state index is 0.0984. The second-order valence-electron chi connectivity index (χ2n) is 17.8. The quantitative estimate of drug-likeness (QED) is 0.137. The maximum Gasteiger partial charge on any atom is 0.259 e. The second kappa shape index (κ2) is 16.7. The van der Waals surface area contributed by atoms with Gasteiger partial charge in [-0.25, -0.2) is 18.4 Å². The van der Waals surface area contributed by atoms with Gasteiger partial charge in [0.05, 0.1) is 29.6 Å². The maximum atomic E-state index is 15.0. The van der Waals surface area contributed by atoms with Gasteiger partial charge in [0.2, 0.25) is 21.8 Å². The summed E-state index contributed by atoms with van der Waals surface area (Å²) in [5.74, 6) is -0.491. The van der Waals surface area contributed by atoms with Gasteiger partial charge < -0.3 is 25.0 Å². The van der Waals surface area contributed by atoms with Crippen molar-refractivity contribution < 1.29 is 32.3 Å². The number of nitrogens with one attached hydrogen (secondary N) is 3. The number of thiazole rings is 1. The lowest BCUT2D eigenvalue weighted by Crippen LogP contribution is -2.58. The Morgan fingerprint density at radius 3 is 2.57 bits per heavy atom. The van der Waals surface area contributed by atoms with Crippen LogP contribution in [0.4, 0.5) is 5.69 Å². The van der Waals surface area contributed by atoms with Gasteiger partial charge >= 0.3 is 0 Å². The molecule has 2 aromatic carbocycles. The Hall–Kier alpha value is -5.02. The summed E-state index contributed by atoms with van der Waals surface area (Å²) in [5.41, 5.74) is 3.49. The summed E-state index contributed by atoms with van der Waals surface area (Å²) in [7, 11) is -2.36. The number of aryl methyl sites for hydroxylation is 2. The van der Waals surface area contributed by atoms with E-state index in [1.165, 1.54) is 11.3 Å². The van der Waals surface area contributed by atoms with E-state index in [4.69, 9.17) is 19.4 Å². The van der Waals surface area contributed by atoms with E-state index in [1.54, 1.807) is 18.9 Å². The first-order chi connectivity index (χ1) is 29.1. The van der Waals surface area contributed by atoms with Gasteiger partial charge in [-0.15, -0.1) is 11.3 Å². The molecule has 2 aliphatic heterocycles. The van der Waals surface area contributed by atoms with Crippen LogP contribution in [0.15, 0.2) is 60.0 Å². The smallest absolute Gasteiger partial charge is 0.259 e. The highest BCUT2D eigenvalue weighted by molar-refractivity contribution is 7.91. The molecule has 4 aliphatic rings. The van der Waals surface area contributed by atoms with Crippen molar-refractivity contribution in [1.82, 2.24) is 24.9 Å². The highest BCUT2D eigenvalue weighted by Gasteiger charge is 2.63. The molecular formula is C46H56N6O7S2. The minimum atomic E-state index is -3.98. The number of nitrogens with zero attached hydrogens (tertiary/aromatic N) is 3. The third-order valence-electron chi connectivity index (χ3n) is 12.8. The number of amides is 3. The van der Waals surface area contributed by atoms with E-state index >= 15 is 0 Å². The summed E-state index contributed by atoms with van der Waals surface area (Å²) >= 11 is 1.51. The van der Waals surface area contributed by atoms with Gasteiger partial charge in [-0.3, -0.25) is 19.1 Å². The van der Waals surface area contributed by atoms with Gasteiger partial charge in [0.15, 0.2) is 0 Å². The summed E-state index contributed by atoms with van der Waals surface area (Å²) in [6, 6.07) is 11.9. The van der Waals surface area contributed by atoms with Crippen LogP contribution >= 0.6 is 11.3 Å². The molecule has 4 heterocycles. The molecule has 3 fully saturated rings. The molecule has 0 radical (unpaired) electrons. The lowest BCUT2D eigenvalue weighted by atomic mass is 10.0. The van der Waals surface area contributed by atoms with Crippen LogP contribution in [0.5, 0.6) is 11.5 Å². The Morgan fingerprint density at radius 1 is 1.05 bits per heavy atom. The molecule has 15 heteroatoms. The van der Waals surface area contributed by atoms with Crippen LogP contribution < -0.4 is 24.8 Å². The van der Waals surface area contributed by atoms with E-state index < -0.39 is 56.2 Å². The zero-order valence-corrected chi connectivity index (χ0v) is 37.4.